The second-order valence-corrected chi connectivity index (χ2v) is 7.62. The zero-order chi connectivity index (χ0) is 20.1. The van der Waals surface area contributed by atoms with Gasteiger partial charge in [-0.2, -0.15) is 0 Å². The third-order valence-electron chi connectivity index (χ3n) is 5.49. The molecule has 0 aromatic heterocycles. The van der Waals surface area contributed by atoms with Gasteiger partial charge in [0, 0.05) is 35.9 Å². The van der Waals surface area contributed by atoms with Gasteiger partial charge < -0.3 is 16.0 Å². The number of anilines is 2. The standard InChI is InChI=1S/C23H29N3O2/c1-16-15-19(23(28)26-14-6-5-7-17(26)2)10-12-21(16)25-22(27)13-11-18-8-3-4-9-20(18)24/h3-4,8-10,12,15,17H,5-7,11,13-14,24H2,1-2H3,(H,25,27). The first kappa shape index (κ1) is 19.9. The Labute approximate surface area is 166 Å². The number of nitrogens with zero attached hydrogens (tertiary/aromatic N) is 1. The topological polar surface area (TPSA) is 75.4 Å². The highest BCUT2D eigenvalue weighted by Crippen LogP contribution is 2.22. The van der Waals surface area contributed by atoms with Crippen LogP contribution in [0, 0.1) is 6.92 Å². The number of carbonyl (C=O) groups excluding carboxylic acids is 2. The molecule has 28 heavy (non-hydrogen) atoms. The number of aryl methyl sites for hydroxylation is 2. The maximum atomic E-state index is 12.8. The van der Waals surface area contributed by atoms with Crippen molar-refractivity contribution in [1.82, 2.24) is 4.90 Å². The Bertz CT molecular complexity index is 863. The van der Waals surface area contributed by atoms with Crippen molar-refractivity contribution in [1.29, 1.82) is 0 Å². The fourth-order valence-corrected chi connectivity index (χ4v) is 3.73. The average molecular weight is 380 g/mol. The van der Waals surface area contributed by atoms with Gasteiger partial charge in [-0.25, -0.2) is 0 Å². The van der Waals surface area contributed by atoms with Gasteiger partial charge >= 0.3 is 0 Å². The average Bonchev–Trinajstić information content (AvgIpc) is 2.69. The molecule has 2 amide bonds. The smallest absolute Gasteiger partial charge is 0.254 e. The lowest BCUT2D eigenvalue weighted by molar-refractivity contribution is -0.116. The molecule has 1 atom stereocenters. The van der Waals surface area contributed by atoms with Crippen molar-refractivity contribution >= 4 is 23.2 Å². The number of hydrogen-bond donors (Lipinski definition) is 2. The highest BCUT2D eigenvalue weighted by Gasteiger charge is 2.24. The molecule has 1 saturated heterocycles. The first-order valence-electron chi connectivity index (χ1n) is 10.0. The van der Waals surface area contributed by atoms with E-state index in [9.17, 15) is 9.59 Å². The SMILES string of the molecule is Cc1cc(C(=O)N2CCCCC2C)ccc1NC(=O)CCc1ccccc1N. The van der Waals surface area contributed by atoms with Crippen molar-refractivity contribution in [3.8, 4) is 0 Å². The van der Waals surface area contributed by atoms with Crippen molar-refractivity contribution in [2.75, 3.05) is 17.6 Å². The van der Waals surface area contributed by atoms with E-state index in [1.165, 1.54) is 6.42 Å². The fourth-order valence-electron chi connectivity index (χ4n) is 3.73. The van der Waals surface area contributed by atoms with Gasteiger partial charge in [0.1, 0.15) is 0 Å². The summed E-state index contributed by atoms with van der Waals surface area (Å²) in [5.74, 6) is 0.0165. The van der Waals surface area contributed by atoms with Gasteiger partial charge in [0.15, 0.2) is 0 Å². The second kappa shape index (κ2) is 8.91. The van der Waals surface area contributed by atoms with E-state index in [-0.39, 0.29) is 17.9 Å². The fraction of sp³-hybridized carbons (Fsp3) is 0.391. The Hall–Kier alpha value is -2.82. The van der Waals surface area contributed by atoms with Crippen molar-refractivity contribution in [3.63, 3.8) is 0 Å². The number of nitrogens with two attached hydrogens (primary N) is 1. The summed E-state index contributed by atoms with van der Waals surface area (Å²) in [6.07, 6.45) is 4.27. The molecule has 1 aliphatic rings. The number of para-hydroxylation sites is 1. The number of hydrogen-bond acceptors (Lipinski definition) is 3. The Balaban J connectivity index is 1.61. The van der Waals surface area contributed by atoms with Crippen LogP contribution < -0.4 is 11.1 Å². The quantitative estimate of drug-likeness (QED) is 0.766. The van der Waals surface area contributed by atoms with Gasteiger partial charge in [-0.3, -0.25) is 9.59 Å². The monoisotopic (exact) mass is 379 g/mol. The van der Waals surface area contributed by atoms with Crippen molar-refractivity contribution in [2.24, 2.45) is 0 Å². The lowest BCUT2D eigenvalue weighted by atomic mass is 10.0. The molecule has 2 aromatic rings. The van der Waals surface area contributed by atoms with E-state index in [0.717, 1.165) is 36.2 Å². The lowest BCUT2D eigenvalue weighted by Gasteiger charge is -2.33. The van der Waals surface area contributed by atoms with Crippen LogP contribution in [-0.2, 0) is 11.2 Å². The van der Waals surface area contributed by atoms with Gasteiger partial charge in [-0.05, 0) is 74.9 Å². The molecule has 1 unspecified atom stereocenters. The lowest BCUT2D eigenvalue weighted by Crippen LogP contribution is -2.42. The molecule has 3 N–H and O–H groups in total. The van der Waals surface area contributed by atoms with Crippen molar-refractivity contribution in [2.45, 2.75) is 52.0 Å². The Morgan fingerprint density at radius 3 is 2.68 bits per heavy atom. The highest BCUT2D eigenvalue weighted by atomic mass is 16.2. The van der Waals surface area contributed by atoms with Crippen LogP contribution in [-0.4, -0.2) is 29.3 Å². The summed E-state index contributed by atoms with van der Waals surface area (Å²) < 4.78 is 0. The molecule has 3 rings (SSSR count). The van der Waals surface area contributed by atoms with Crippen LogP contribution in [0.15, 0.2) is 42.5 Å². The molecule has 1 heterocycles. The molecular weight excluding hydrogens is 350 g/mol. The van der Waals surface area contributed by atoms with E-state index in [1.54, 1.807) is 0 Å². The van der Waals surface area contributed by atoms with Crippen LogP contribution in [0.3, 0.4) is 0 Å². The number of piperidine rings is 1. The molecule has 1 fully saturated rings. The van der Waals surface area contributed by atoms with Gasteiger partial charge in [0.2, 0.25) is 5.91 Å². The molecule has 0 spiro atoms. The third kappa shape index (κ3) is 4.71. The molecule has 0 bridgehead atoms. The number of nitrogen functional groups attached to an aromatic ring is 1. The predicted octanol–water partition coefficient (Wildman–Crippen LogP) is 4.16. The summed E-state index contributed by atoms with van der Waals surface area (Å²) >= 11 is 0. The molecule has 5 nitrogen and oxygen atoms in total. The molecule has 0 radical (unpaired) electrons. The van der Waals surface area contributed by atoms with E-state index in [2.05, 4.69) is 12.2 Å². The Kier molecular flexibility index (Phi) is 6.34. The summed E-state index contributed by atoms with van der Waals surface area (Å²) in [4.78, 5) is 27.1. The first-order chi connectivity index (χ1) is 13.5. The van der Waals surface area contributed by atoms with Crippen molar-refractivity contribution < 1.29 is 9.59 Å². The van der Waals surface area contributed by atoms with Crippen molar-refractivity contribution in [3.05, 3.63) is 59.2 Å². The van der Waals surface area contributed by atoms with E-state index < -0.39 is 0 Å². The predicted molar refractivity (Wildman–Crippen MR) is 113 cm³/mol. The molecule has 2 aromatic carbocycles. The van der Waals surface area contributed by atoms with Gasteiger partial charge in [0.25, 0.3) is 5.91 Å². The van der Waals surface area contributed by atoms with Crippen LogP contribution in [0.5, 0.6) is 0 Å². The zero-order valence-electron chi connectivity index (χ0n) is 16.7. The van der Waals surface area contributed by atoms with Crippen LogP contribution >= 0.6 is 0 Å². The minimum atomic E-state index is -0.0601. The number of benzene rings is 2. The summed E-state index contributed by atoms with van der Waals surface area (Å²) in [5.41, 5.74) is 9.94. The Morgan fingerprint density at radius 2 is 1.96 bits per heavy atom. The third-order valence-corrected chi connectivity index (χ3v) is 5.49. The highest BCUT2D eigenvalue weighted by molar-refractivity contribution is 5.96. The maximum Gasteiger partial charge on any atom is 0.254 e. The van der Waals surface area contributed by atoms with Gasteiger partial charge in [-0.15, -0.1) is 0 Å². The van der Waals surface area contributed by atoms with E-state index in [1.807, 2.05) is 54.3 Å². The number of amides is 2. The number of carbonyl (C=O) groups is 2. The van der Waals surface area contributed by atoms with E-state index in [0.29, 0.717) is 24.1 Å². The van der Waals surface area contributed by atoms with Gasteiger partial charge in [0.05, 0.1) is 0 Å². The molecule has 1 aliphatic heterocycles. The van der Waals surface area contributed by atoms with Gasteiger partial charge in [-0.1, -0.05) is 18.2 Å². The van der Waals surface area contributed by atoms with Crippen LogP contribution in [0.1, 0.15) is 54.1 Å². The van der Waals surface area contributed by atoms with Crippen LogP contribution in [0.4, 0.5) is 11.4 Å². The second-order valence-electron chi connectivity index (χ2n) is 7.62. The number of likely N-dealkylation sites (tertiary alicyclic amines) is 1. The van der Waals surface area contributed by atoms with E-state index >= 15 is 0 Å². The molecule has 5 heteroatoms. The summed E-state index contributed by atoms with van der Waals surface area (Å²) in [5, 5.41) is 2.95. The summed E-state index contributed by atoms with van der Waals surface area (Å²) in [6.45, 7) is 4.85. The minimum absolute atomic E-state index is 0.0601. The zero-order valence-corrected chi connectivity index (χ0v) is 16.7. The molecule has 148 valence electrons. The molecule has 0 aliphatic carbocycles. The normalized spacial score (nSPS) is 16.6. The largest absolute Gasteiger partial charge is 0.399 e. The minimum Gasteiger partial charge on any atom is -0.399 e. The first-order valence-corrected chi connectivity index (χ1v) is 10.0. The number of rotatable bonds is 5. The number of nitrogens with one attached hydrogen (secondary N) is 1. The van der Waals surface area contributed by atoms with Crippen LogP contribution in [0.25, 0.3) is 0 Å². The maximum absolute atomic E-state index is 12.8. The summed E-state index contributed by atoms with van der Waals surface area (Å²) in [7, 11) is 0. The van der Waals surface area contributed by atoms with Crippen LogP contribution in [0.2, 0.25) is 0 Å². The Morgan fingerprint density at radius 1 is 1.18 bits per heavy atom. The van der Waals surface area contributed by atoms with E-state index in [4.69, 9.17) is 5.73 Å². The molecule has 0 saturated carbocycles. The molecular formula is C23H29N3O2. The summed E-state index contributed by atoms with van der Waals surface area (Å²) in [6, 6.07) is 13.4.